The van der Waals surface area contributed by atoms with Crippen molar-refractivity contribution in [2.45, 2.75) is 5.41 Å². The molecule has 0 unspecified atom stereocenters. The highest BCUT2D eigenvalue weighted by atomic mass is 14.9. The molecule has 9 aromatic carbocycles. The summed E-state index contributed by atoms with van der Waals surface area (Å²) in [6, 6.07) is 83.5. The molecule has 1 aromatic heterocycles. The zero-order valence-corrected chi connectivity index (χ0v) is 33.3. The lowest BCUT2D eigenvalue weighted by molar-refractivity contribution is 0.775. The monoisotopic (exact) mass is 774 g/mol. The molecule has 2 aliphatic carbocycles. The molecule has 0 radical (unpaired) electrons. The lowest BCUT2D eigenvalue weighted by atomic mass is 9.66. The lowest BCUT2D eigenvalue weighted by Gasteiger charge is -2.35. The number of benzene rings is 9. The molecule has 0 saturated carbocycles. The van der Waals surface area contributed by atoms with Gasteiger partial charge in [0.05, 0.1) is 16.8 Å². The molecule has 0 amide bonds. The van der Waals surface area contributed by atoms with E-state index >= 15 is 0 Å². The van der Waals surface area contributed by atoms with Crippen LogP contribution in [0, 0.1) is 0 Å². The maximum Gasteiger partial charge on any atom is 0.160 e. The standard InChI is InChI=1S/C59H38N2/c1-3-17-39(18-4-1)41-21-15-23-43(35-41)56-38-57(44-24-16-22-42(36-44)40-19-5-2-6-20-40)61-58(60-56)45-33-34-55-51(37-45)50-29-11-14-32-54(50)59(55)52-30-12-9-27-48(52)46-25-7-8-26-47(46)49-28-10-13-31-53(49)59/h1-38H. The third kappa shape index (κ3) is 5.57. The third-order valence-electron chi connectivity index (χ3n) is 12.7. The molecule has 10 aromatic rings. The van der Waals surface area contributed by atoms with Crippen molar-refractivity contribution < 1.29 is 0 Å². The van der Waals surface area contributed by atoms with Gasteiger partial charge in [0, 0.05) is 16.7 Å². The fourth-order valence-corrected chi connectivity index (χ4v) is 10.0. The Balaban J connectivity index is 1.08. The first-order valence-electron chi connectivity index (χ1n) is 21.0. The summed E-state index contributed by atoms with van der Waals surface area (Å²) in [5, 5.41) is 0. The Kier molecular flexibility index (Phi) is 8.11. The van der Waals surface area contributed by atoms with Crippen LogP contribution in [0.1, 0.15) is 22.3 Å². The summed E-state index contributed by atoms with van der Waals surface area (Å²) in [6.07, 6.45) is 0. The lowest BCUT2D eigenvalue weighted by Crippen LogP contribution is -2.29. The first-order valence-corrected chi connectivity index (χ1v) is 21.0. The molecular weight excluding hydrogens is 737 g/mol. The van der Waals surface area contributed by atoms with Crippen molar-refractivity contribution in [3.63, 3.8) is 0 Å². The Labute approximate surface area is 356 Å². The minimum Gasteiger partial charge on any atom is -0.228 e. The molecule has 2 aliphatic rings. The highest BCUT2D eigenvalue weighted by molar-refractivity contribution is 5.98. The Morgan fingerprint density at radius 2 is 0.607 bits per heavy atom. The predicted molar refractivity (Wildman–Crippen MR) is 251 cm³/mol. The molecule has 0 atom stereocenters. The topological polar surface area (TPSA) is 25.8 Å². The minimum absolute atomic E-state index is 0.541. The van der Waals surface area contributed by atoms with E-state index in [0.29, 0.717) is 5.82 Å². The van der Waals surface area contributed by atoms with Crippen molar-refractivity contribution in [1.82, 2.24) is 9.97 Å². The first-order chi connectivity index (χ1) is 30.2. The highest BCUT2D eigenvalue weighted by Gasteiger charge is 2.49. The molecule has 0 aliphatic heterocycles. The quantitative estimate of drug-likeness (QED) is 0.174. The fourth-order valence-electron chi connectivity index (χ4n) is 10.0. The van der Waals surface area contributed by atoms with Gasteiger partial charge < -0.3 is 0 Å². The van der Waals surface area contributed by atoms with Crippen molar-refractivity contribution in [3.05, 3.63) is 253 Å². The van der Waals surface area contributed by atoms with Crippen molar-refractivity contribution in [2.24, 2.45) is 0 Å². The SMILES string of the molecule is c1ccc(-c2cccc(-c3cc(-c4cccc(-c5ccccc5)c4)nc(-c4ccc5c(c4)-c4ccccc4C54c5ccccc5-c5ccccc5-c5ccccc54)n3)c2)cc1. The largest absolute Gasteiger partial charge is 0.228 e. The summed E-state index contributed by atoms with van der Waals surface area (Å²) < 4.78 is 0. The van der Waals surface area contributed by atoms with Gasteiger partial charge in [-0.1, -0.05) is 206 Å². The molecule has 61 heavy (non-hydrogen) atoms. The molecule has 2 nitrogen and oxygen atoms in total. The average molecular weight is 775 g/mol. The molecule has 12 rings (SSSR count). The number of hydrogen-bond donors (Lipinski definition) is 0. The summed E-state index contributed by atoms with van der Waals surface area (Å²) in [4.78, 5) is 10.8. The molecule has 0 saturated heterocycles. The molecular formula is C59H38N2. The van der Waals surface area contributed by atoms with Gasteiger partial charge in [0.25, 0.3) is 0 Å². The smallest absolute Gasteiger partial charge is 0.160 e. The van der Waals surface area contributed by atoms with Gasteiger partial charge in [-0.2, -0.15) is 0 Å². The average Bonchev–Trinajstić information content (AvgIpc) is 3.58. The van der Waals surface area contributed by atoms with E-state index in [1.807, 2.05) is 0 Å². The van der Waals surface area contributed by atoms with Crippen LogP contribution in [0.5, 0.6) is 0 Å². The predicted octanol–water partition coefficient (Wildman–Crippen LogP) is 14.8. The molecule has 1 heterocycles. The van der Waals surface area contributed by atoms with Gasteiger partial charge in [0.15, 0.2) is 5.82 Å². The molecule has 284 valence electrons. The second-order valence-electron chi connectivity index (χ2n) is 16.0. The Morgan fingerprint density at radius 3 is 1.10 bits per heavy atom. The van der Waals surface area contributed by atoms with E-state index in [4.69, 9.17) is 9.97 Å². The van der Waals surface area contributed by atoms with Crippen molar-refractivity contribution in [2.75, 3.05) is 0 Å². The summed E-state index contributed by atoms with van der Waals surface area (Å²) in [7, 11) is 0. The van der Waals surface area contributed by atoms with Crippen LogP contribution in [-0.2, 0) is 5.41 Å². The number of fused-ring (bicyclic) bond motifs is 12. The Hall–Kier alpha value is -7.94. The van der Waals surface area contributed by atoms with Crippen LogP contribution in [0.3, 0.4) is 0 Å². The summed E-state index contributed by atoms with van der Waals surface area (Å²) in [5.41, 5.74) is 21.6. The highest BCUT2D eigenvalue weighted by Crippen LogP contribution is 2.61. The van der Waals surface area contributed by atoms with Gasteiger partial charge in [-0.05, 0) is 102 Å². The van der Waals surface area contributed by atoms with Gasteiger partial charge in [-0.3, -0.25) is 0 Å². The van der Waals surface area contributed by atoms with E-state index in [9.17, 15) is 0 Å². The maximum atomic E-state index is 5.40. The summed E-state index contributed by atoms with van der Waals surface area (Å²) >= 11 is 0. The van der Waals surface area contributed by atoms with E-state index in [1.54, 1.807) is 0 Å². The second kappa shape index (κ2) is 14.1. The van der Waals surface area contributed by atoms with Gasteiger partial charge in [-0.25, -0.2) is 9.97 Å². The Morgan fingerprint density at radius 1 is 0.230 bits per heavy atom. The molecule has 0 bridgehead atoms. The molecule has 1 spiro atoms. The minimum atomic E-state index is -0.541. The van der Waals surface area contributed by atoms with Crippen molar-refractivity contribution >= 4 is 0 Å². The second-order valence-corrected chi connectivity index (χ2v) is 16.0. The van der Waals surface area contributed by atoms with Crippen LogP contribution in [-0.4, -0.2) is 9.97 Å². The maximum absolute atomic E-state index is 5.40. The normalized spacial score (nSPS) is 12.7. The van der Waals surface area contributed by atoms with Crippen molar-refractivity contribution in [1.29, 1.82) is 0 Å². The fraction of sp³-hybridized carbons (Fsp3) is 0.0169. The molecule has 0 N–H and O–H groups in total. The van der Waals surface area contributed by atoms with Gasteiger partial charge in [0.2, 0.25) is 0 Å². The van der Waals surface area contributed by atoms with E-state index < -0.39 is 5.41 Å². The van der Waals surface area contributed by atoms with Crippen LogP contribution < -0.4 is 0 Å². The first kappa shape index (κ1) is 35.0. The molecule has 0 fully saturated rings. The van der Waals surface area contributed by atoms with E-state index in [2.05, 4.69) is 231 Å². The number of rotatable bonds is 5. The summed E-state index contributed by atoms with van der Waals surface area (Å²) in [5.74, 6) is 0.693. The van der Waals surface area contributed by atoms with Gasteiger partial charge >= 0.3 is 0 Å². The number of hydrogen-bond acceptors (Lipinski definition) is 2. The third-order valence-corrected chi connectivity index (χ3v) is 12.7. The number of nitrogens with zero attached hydrogens (tertiary/aromatic N) is 2. The van der Waals surface area contributed by atoms with Crippen LogP contribution in [0.4, 0.5) is 0 Å². The van der Waals surface area contributed by atoms with Crippen LogP contribution in [0.25, 0.3) is 89.5 Å². The van der Waals surface area contributed by atoms with E-state index in [-0.39, 0.29) is 0 Å². The van der Waals surface area contributed by atoms with Crippen LogP contribution in [0.2, 0.25) is 0 Å². The van der Waals surface area contributed by atoms with E-state index in [0.717, 1.165) is 39.2 Å². The van der Waals surface area contributed by atoms with Gasteiger partial charge in [-0.15, -0.1) is 0 Å². The zero-order valence-electron chi connectivity index (χ0n) is 33.3. The number of aromatic nitrogens is 2. The van der Waals surface area contributed by atoms with Gasteiger partial charge in [0.1, 0.15) is 0 Å². The van der Waals surface area contributed by atoms with Crippen LogP contribution in [0.15, 0.2) is 231 Å². The summed E-state index contributed by atoms with van der Waals surface area (Å²) in [6.45, 7) is 0. The van der Waals surface area contributed by atoms with Crippen molar-refractivity contribution in [3.8, 4) is 89.5 Å². The van der Waals surface area contributed by atoms with Crippen LogP contribution >= 0.6 is 0 Å². The van der Waals surface area contributed by atoms with E-state index in [1.165, 1.54) is 66.8 Å². The zero-order chi connectivity index (χ0) is 40.3. The Bertz CT molecular complexity index is 3140. The molecule has 2 heteroatoms.